The Morgan fingerprint density at radius 3 is 1.33 bits per heavy atom. The summed E-state index contributed by atoms with van der Waals surface area (Å²) in [5.41, 5.74) is 0. The molecule has 0 unspecified atom stereocenters. The molecular weight excluding hydrogens is 352 g/mol. The molecule has 0 bridgehead atoms. The topological polar surface area (TPSA) is 93.2 Å². The van der Waals surface area contributed by atoms with Crippen LogP contribution in [0.15, 0.2) is 0 Å². The lowest BCUT2D eigenvalue weighted by Crippen LogP contribution is -2.36. The van der Waals surface area contributed by atoms with Gasteiger partial charge in [0.05, 0.1) is 52.6 Å². The van der Waals surface area contributed by atoms with Crippen LogP contribution in [-0.2, 0) is 28.7 Å². The second kappa shape index (κ2) is 15.6. The van der Waals surface area contributed by atoms with E-state index in [1.54, 1.807) is 16.7 Å². The van der Waals surface area contributed by atoms with Gasteiger partial charge in [0, 0.05) is 19.5 Å². The Kier molecular flexibility index (Phi) is 14.7. The van der Waals surface area contributed by atoms with Crippen molar-refractivity contribution in [3.05, 3.63) is 0 Å². The van der Waals surface area contributed by atoms with E-state index in [0.717, 1.165) is 0 Å². The largest absolute Gasteiger partial charge is 0.378 e. The molecule has 0 saturated heterocycles. The number of carbonyl (C=O) groups excluding carboxylic acids is 4. The van der Waals surface area contributed by atoms with Crippen LogP contribution in [0.5, 0.6) is 0 Å². The lowest BCUT2D eigenvalue weighted by atomic mass is 10.2. The molecule has 0 fully saturated rings. The maximum absolute atomic E-state index is 11.5. The van der Waals surface area contributed by atoms with Crippen molar-refractivity contribution in [2.75, 3.05) is 65.7 Å². The van der Waals surface area contributed by atoms with Crippen molar-refractivity contribution >= 4 is 23.1 Å². The molecule has 0 aliphatic rings. The Hall–Kier alpha value is -1.48. The number of nitrogens with zero attached hydrogens (tertiary/aromatic N) is 2. The fraction of sp³-hybridized carbons (Fsp3) is 0.789. The number of hydrogen-bond acceptors (Lipinski definition) is 8. The molecule has 0 aromatic carbocycles. The molecule has 0 spiro atoms. The van der Waals surface area contributed by atoms with Crippen molar-refractivity contribution in [1.82, 2.24) is 9.80 Å². The van der Waals surface area contributed by atoms with Crippen LogP contribution in [0.25, 0.3) is 0 Å². The summed E-state index contributed by atoms with van der Waals surface area (Å²) in [4.78, 5) is 48.7. The van der Waals surface area contributed by atoms with Crippen LogP contribution >= 0.6 is 0 Å². The average molecular weight is 386 g/mol. The maximum Gasteiger partial charge on any atom is 0.146 e. The Balaban J connectivity index is 3.89. The van der Waals surface area contributed by atoms with Gasteiger partial charge in [-0.25, -0.2) is 0 Å². The molecule has 0 aliphatic heterocycles. The third-order valence-corrected chi connectivity index (χ3v) is 3.61. The zero-order valence-electron chi connectivity index (χ0n) is 17.1. The lowest BCUT2D eigenvalue weighted by molar-refractivity contribution is -0.123. The van der Waals surface area contributed by atoms with Crippen molar-refractivity contribution < 1.29 is 28.7 Å². The second-order valence-electron chi connectivity index (χ2n) is 6.64. The minimum Gasteiger partial charge on any atom is -0.378 e. The predicted octanol–water partition coefficient (Wildman–Crippen LogP) is 0.370. The fourth-order valence-corrected chi connectivity index (χ4v) is 2.44. The van der Waals surface area contributed by atoms with Gasteiger partial charge in [-0.1, -0.05) is 6.92 Å². The van der Waals surface area contributed by atoms with Gasteiger partial charge in [0.25, 0.3) is 0 Å². The molecule has 0 aromatic rings. The number of ketones is 4. The molecule has 0 atom stereocenters. The first-order chi connectivity index (χ1) is 12.7. The zero-order valence-corrected chi connectivity index (χ0v) is 17.1. The molecule has 0 aromatic heterocycles. The Bertz CT molecular complexity index is 465. The van der Waals surface area contributed by atoms with E-state index in [1.165, 1.54) is 20.8 Å². The fourth-order valence-electron chi connectivity index (χ4n) is 2.44. The van der Waals surface area contributed by atoms with E-state index in [9.17, 15) is 19.2 Å². The van der Waals surface area contributed by atoms with Gasteiger partial charge in [-0.2, -0.15) is 0 Å². The first kappa shape index (κ1) is 25.5. The van der Waals surface area contributed by atoms with Crippen LogP contribution in [0, 0.1) is 0 Å². The summed E-state index contributed by atoms with van der Waals surface area (Å²) < 4.78 is 11.0. The quantitative estimate of drug-likeness (QED) is 0.312. The highest BCUT2D eigenvalue weighted by Crippen LogP contribution is 1.94. The van der Waals surface area contributed by atoms with E-state index >= 15 is 0 Å². The van der Waals surface area contributed by atoms with Crippen molar-refractivity contribution in [3.63, 3.8) is 0 Å². The first-order valence-corrected chi connectivity index (χ1v) is 9.34. The van der Waals surface area contributed by atoms with Crippen LogP contribution in [0.4, 0.5) is 0 Å². The highest BCUT2D eigenvalue weighted by molar-refractivity contribution is 5.82. The van der Waals surface area contributed by atoms with Crippen LogP contribution in [-0.4, -0.2) is 98.6 Å². The average Bonchev–Trinajstić information content (AvgIpc) is 2.55. The number of hydrogen-bond donors (Lipinski definition) is 0. The molecule has 0 aliphatic carbocycles. The van der Waals surface area contributed by atoms with Gasteiger partial charge in [-0.3, -0.25) is 29.0 Å². The Morgan fingerprint density at radius 1 is 0.630 bits per heavy atom. The van der Waals surface area contributed by atoms with Crippen LogP contribution in [0.3, 0.4) is 0 Å². The van der Waals surface area contributed by atoms with Gasteiger partial charge < -0.3 is 9.47 Å². The summed E-state index contributed by atoms with van der Waals surface area (Å²) in [5, 5.41) is 0. The summed E-state index contributed by atoms with van der Waals surface area (Å²) in [6.45, 7) is 9.90. The van der Waals surface area contributed by atoms with Crippen LogP contribution < -0.4 is 0 Å². The lowest BCUT2D eigenvalue weighted by Gasteiger charge is -2.20. The first-order valence-electron chi connectivity index (χ1n) is 9.34. The number of rotatable bonds is 18. The monoisotopic (exact) mass is 386 g/mol. The standard InChI is InChI=1S/C19H34N2O6/c1-5-19(25)15-21(14-18(4)24)7-9-27-11-10-26-8-6-20(12-16(2)22)13-17(3)23/h5-15H2,1-4H3. The molecule has 0 rings (SSSR count). The van der Waals surface area contributed by atoms with Crippen LogP contribution in [0.2, 0.25) is 0 Å². The SMILES string of the molecule is CCC(=O)CN(CCOCCOCCN(CC(C)=O)CC(C)=O)CC(C)=O. The van der Waals surface area contributed by atoms with E-state index < -0.39 is 0 Å². The van der Waals surface area contributed by atoms with Gasteiger partial charge in [-0.05, 0) is 20.8 Å². The predicted molar refractivity (Wildman–Crippen MR) is 102 cm³/mol. The maximum atomic E-state index is 11.5. The Morgan fingerprint density at radius 2 is 1.00 bits per heavy atom. The van der Waals surface area contributed by atoms with E-state index in [4.69, 9.17) is 9.47 Å². The van der Waals surface area contributed by atoms with E-state index in [1.807, 2.05) is 0 Å². The van der Waals surface area contributed by atoms with Gasteiger partial charge in [-0.15, -0.1) is 0 Å². The van der Waals surface area contributed by atoms with Crippen molar-refractivity contribution in [2.45, 2.75) is 34.1 Å². The number of Topliss-reactive ketones (excluding diaryl/α,β-unsaturated/α-hetero) is 4. The van der Waals surface area contributed by atoms with Crippen LogP contribution in [0.1, 0.15) is 34.1 Å². The second-order valence-corrected chi connectivity index (χ2v) is 6.64. The summed E-state index contributed by atoms with van der Waals surface area (Å²) in [5.74, 6) is 0.135. The third-order valence-electron chi connectivity index (χ3n) is 3.61. The molecule has 156 valence electrons. The van der Waals surface area contributed by atoms with Gasteiger partial charge >= 0.3 is 0 Å². The van der Waals surface area contributed by atoms with Crippen molar-refractivity contribution in [2.24, 2.45) is 0 Å². The molecule has 0 heterocycles. The summed E-state index contributed by atoms with van der Waals surface area (Å²) in [6.07, 6.45) is 0.452. The van der Waals surface area contributed by atoms with E-state index in [0.29, 0.717) is 45.9 Å². The molecule has 8 nitrogen and oxygen atoms in total. The molecule has 0 radical (unpaired) electrons. The van der Waals surface area contributed by atoms with Gasteiger partial charge in [0.1, 0.15) is 23.1 Å². The molecule has 0 N–H and O–H groups in total. The molecule has 8 heteroatoms. The van der Waals surface area contributed by atoms with E-state index in [-0.39, 0.29) is 49.3 Å². The normalized spacial score (nSPS) is 11.2. The smallest absolute Gasteiger partial charge is 0.146 e. The van der Waals surface area contributed by atoms with Gasteiger partial charge in [0.15, 0.2) is 0 Å². The molecule has 27 heavy (non-hydrogen) atoms. The van der Waals surface area contributed by atoms with E-state index in [2.05, 4.69) is 0 Å². The summed E-state index contributed by atoms with van der Waals surface area (Å²) in [6, 6.07) is 0. The zero-order chi connectivity index (χ0) is 20.7. The molecule has 0 amide bonds. The highest BCUT2D eigenvalue weighted by atomic mass is 16.5. The summed E-state index contributed by atoms with van der Waals surface area (Å²) in [7, 11) is 0. The molecule has 0 saturated carbocycles. The minimum absolute atomic E-state index is 0.0104. The van der Waals surface area contributed by atoms with Crippen molar-refractivity contribution in [3.8, 4) is 0 Å². The third kappa shape index (κ3) is 16.4. The molecular formula is C19H34N2O6. The minimum atomic E-state index is 0.0104. The number of ether oxygens (including phenoxy) is 2. The van der Waals surface area contributed by atoms with Gasteiger partial charge in [0.2, 0.25) is 0 Å². The Labute approximate surface area is 162 Å². The summed E-state index contributed by atoms with van der Waals surface area (Å²) >= 11 is 0. The van der Waals surface area contributed by atoms with Crippen molar-refractivity contribution in [1.29, 1.82) is 0 Å². The highest BCUT2D eigenvalue weighted by Gasteiger charge is 2.12. The number of carbonyl (C=O) groups is 4.